The minimum absolute atomic E-state index is 0.0903. The zero-order valence-electron chi connectivity index (χ0n) is 12.8. The number of rotatable bonds is 6. The van der Waals surface area contributed by atoms with Gasteiger partial charge in [-0.2, -0.15) is 21.6 Å². The van der Waals surface area contributed by atoms with E-state index in [1.807, 2.05) is 6.07 Å². The van der Waals surface area contributed by atoms with Gasteiger partial charge in [0.15, 0.2) is 5.76 Å². The Labute approximate surface area is 138 Å². The van der Waals surface area contributed by atoms with Crippen LogP contribution in [0.3, 0.4) is 0 Å². The van der Waals surface area contributed by atoms with E-state index in [0.29, 0.717) is 18.4 Å². The summed E-state index contributed by atoms with van der Waals surface area (Å²) in [6.45, 7) is 0.0903. The molecular formula is C16H17F3O4S. The van der Waals surface area contributed by atoms with Crippen LogP contribution >= 0.6 is 0 Å². The summed E-state index contributed by atoms with van der Waals surface area (Å²) in [6.07, 6.45) is 5.35. The van der Waals surface area contributed by atoms with Crippen molar-refractivity contribution in [3.05, 3.63) is 59.6 Å². The third-order valence-corrected chi connectivity index (χ3v) is 4.34. The van der Waals surface area contributed by atoms with Gasteiger partial charge in [0, 0.05) is 0 Å². The van der Waals surface area contributed by atoms with Crippen molar-refractivity contribution in [2.45, 2.75) is 37.8 Å². The molecule has 0 atom stereocenters. The standard InChI is InChI=1S/C16H17F3O4S/c17-16(18,19)24(20,21)23-15(14-9-5-2-6-10-14)12-22-11-13-7-3-1-4-8-13/h1,3-4,7-9,12H,2,5-6,10-11H2/b15-12-. The molecule has 24 heavy (non-hydrogen) atoms. The zero-order chi connectivity index (χ0) is 17.6. The molecule has 1 aromatic rings. The van der Waals surface area contributed by atoms with E-state index < -0.39 is 21.4 Å². The van der Waals surface area contributed by atoms with Crippen LogP contribution in [-0.2, 0) is 25.6 Å². The summed E-state index contributed by atoms with van der Waals surface area (Å²) in [7, 11) is -5.73. The monoisotopic (exact) mass is 362 g/mol. The molecule has 8 heteroatoms. The minimum Gasteiger partial charge on any atom is -0.493 e. The van der Waals surface area contributed by atoms with E-state index in [9.17, 15) is 21.6 Å². The fourth-order valence-electron chi connectivity index (χ4n) is 2.16. The largest absolute Gasteiger partial charge is 0.534 e. The van der Waals surface area contributed by atoms with Crippen LogP contribution in [0.1, 0.15) is 31.2 Å². The second kappa shape index (κ2) is 7.74. The van der Waals surface area contributed by atoms with E-state index in [4.69, 9.17) is 4.74 Å². The Bertz CT molecular complexity index is 707. The van der Waals surface area contributed by atoms with Crippen LogP contribution in [-0.4, -0.2) is 13.9 Å². The van der Waals surface area contributed by atoms with Gasteiger partial charge in [-0.3, -0.25) is 0 Å². The van der Waals surface area contributed by atoms with Crippen molar-refractivity contribution < 1.29 is 30.5 Å². The van der Waals surface area contributed by atoms with Gasteiger partial charge in [-0.25, -0.2) is 0 Å². The topological polar surface area (TPSA) is 52.6 Å². The highest BCUT2D eigenvalue weighted by molar-refractivity contribution is 7.87. The SMILES string of the molecule is O=S(=O)(O/C(=C\OCc1ccccc1)C1=CCCCC1)C(F)(F)F. The van der Waals surface area contributed by atoms with Crippen LogP contribution < -0.4 is 0 Å². The van der Waals surface area contributed by atoms with Gasteiger partial charge >= 0.3 is 15.6 Å². The van der Waals surface area contributed by atoms with Gasteiger partial charge in [0.05, 0.1) is 0 Å². The Balaban J connectivity index is 2.16. The molecule has 1 aromatic carbocycles. The van der Waals surface area contributed by atoms with Crippen LogP contribution in [0.4, 0.5) is 13.2 Å². The Hall–Kier alpha value is -1.96. The van der Waals surface area contributed by atoms with E-state index in [0.717, 1.165) is 24.7 Å². The Morgan fingerprint density at radius 1 is 1.17 bits per heavy atom. The molecule has 0 amide bonds. The van der Waals surface area contributed by atoms with E-state index in [-0.39, 0.29) is 6.61 Å². The molecule has 0 aromatic heterocycles. The number of ether oxygens (including phenoxy) is 1. The van der Waals surface area contributed by atoms with Crippen LogP contribution in [0.15, 0.2) is 54.0 Å². The highest BCUT2D eigenvalue weighted by Crippen LogP contribution is 2.31. The highest BCUT2D eigenvalue weighted by atomic mass is 32.2. The lowest BCUT2D eigenvalue weighted by molar-refractivity contribution is -0.0522. The Morgan fingerprint density at radius 3 is 2.46 bits per heavy atom. The predicted octanol–water partition coefficient (Wildman–Crippen LogP) is 4.41. The fraction of sp³-hybridized carbons (Fsp3) is 0.375. The average Bonchev–Trinajstić information content (AvgIpc) is 2.54. The first-order valence-corrected chi connectivity index (χ1v) is 8.76. The molecule has 0 saturated heterocycles. The second-order valence-electron chi connectivity index (χ2n) is 5.24. The third kappa shape index (κ3) is 5.02. The van der Waals surface area contributed by atoms with Crippen LogP contribution in [0.5, 0.6) is 0 Å². The predicted molar refractivity (Wildman–Crippen MR) is 81.9 cm³/mol. The molecule has 1 aliphatic rings. The van der Waals surface area contributed by atoms with Gasteiger partial charge in [-0.15, -0.1) is 0 Å². The number of allylic oxidation sites excluding steroid dienone is 2. The van der Waals surface area contributed by atoms with Crippen LogP contribution in [0.2, 0.25) is 0 Å². The molecule has 2 rings (SSSR count). The van der Waals surface area contributed by atoms with Gasteiger partial charge in [0.1, 0.15) is 12.9 Å². The molecule has 0 heterocycles. The number of benzene rings is 1. The van der Waals surface area contributed by atoms with Crippen molar-refractivity contribution in [1.29, 1.82) is 0 Å². The zero-order valence-corrected chi connectivity index (χ0v) is 13.6. The lowest BCUT2D eigenvalue weighted by atomic mass is 9.99. The summed E-state index contributed by atoms with van der Waals surface area (Å²) in [5.74, 6) is -0.414. The third-order valence-electron chi connectivity index (χ3n) is 3.37. The van der Waals surface area contributed by atoms with Crippen LogP contribution in [0.25, 0.3) is 0 Å². The maximum absolute atomic E-state index is 12.5. The lowest BCUT2D eigenvalue weighted by Gasteiger charge is -2.17. The number of alkyl halides is 3. The maximum atomic E-state index is 12.5. The lowest BCUT2D eigenvalue weighted by Crippen LogP contribution is -2.26. The van der Waals surface area contributed by atoms with Crippen LogP contribution in [0, 0.1) is 0 Å². The molecule has 0 radical (unpaired) electrons. The van der Waals surface area contributed by atoms with Crippen molar-refractivity contribution in [3.63, 3.8) is 0 Å². The first kappa shape index (κ1) is 18.4. The molecule has 1 aliphatic carbocycles. The van der Waals surface area contributed by atoms with Crippen molar-refractivity contribution >= 4 is 10.1 Å². The molecule has 0 saturated carbocycles. The summed E-state index contributed by atoms with van der Waals surface area (Å²) in [4.78, 5) is 0. The first-order chi connectivity index (χ1) is 11.3. The smallest absolute Gasteiger partial charge is 0.493 e. The average molecular weight is 362 g/mol. The summed E-state index contributed by atoms with van der Waals surface area (Å²) >= 11 is 0. The molecule has 0 spiro atoms. The van der Waals surface area contributed by atoms with E-state index in [1.165, 1.54) is 0 Å². The van der Waals surface area contributed by atoms with Crippen molar-refractivity contribution in [2.75, 3.05) is 0 Å². The molecule has 0 fully saturated rings. The normalized spacial score (nSPS) is 16.5. The van der Waals surface area contributed by atoms with Gasteiger partial charge in [0.25, 0.3) is 0 Å². The van der Waals surface area contributed by atoms with Crippen molar-refractivity contribution in [2.24, 2.45) is 0 Å². The van der Waals surface area contributed by atoms with Crippen molar-refractivity contribution in [1.82, 2.24) is 0 Å². The summed E-state index contributed by atoms with van der Waals surface area (Å²) in [6, 6.07) is 8.95. The van der Waals surface area contributed by atoms with Gasteiger partial charge in [0.2, 0.25) is 0 Å². The second-order valence-corrected chi connectivity index (χ2v) is 6.77. The number of hydrogen-bond donors (Lipinski definition) is 0. The molecule has 0 N–H and O–H groups in total. The van der Waals surface area contributed by atoms with Gasteiger partial charge in [-0.05, 0) is 36.8 Å². The molecular weight excluding hydrogens is 345 g/mol. The minimum atomic E-state index is -5.73. The molecule has 4 nitrogen and oxygen atoms in total. The highest BCUT2D eigenvalue weighted by Gasteiger charge is 2.49. The summed E-state index contributed by atoms with van der Waals surface area (Å²) < 4.78 is 69.7. The van der Waals surface area contributed by atoms with Gasteiger partial charge in [-0.1, -0.05) is 36.4 Å². The molecule has 132 valence electrons. The first-order valence-electron chi connectivity index (χ1n) is 7.35. The Morgan fingerprint density at radius 2 is 1.88 bits per heavy atom. The van der Waals surface area contributed by atoms with E-state index >= 15 is 0 Å². The maximum Gasteiger partial charge on any atom is 0.534 e. The van der Waals surface area contributed by atoms with E-state index in [2.05, 4.69) is 4.18 Å². The molecule has 0 bridgehead atoms. The van der Waals surface area contributed by atoms with E-state index in [1.54, 1.807) is 30.3 Å². The molecule has 0 aliphatic heterocycles. The number of halogens is 3. The van der Waals surface area contributed by atoms with Gasteiger partial charge < -0.3 is 8.92 Å². The summed E-state index contributed by atoms with van der Waals surface area (Å²) in [5.41, 5.74) is -4.28. The summed E-state index contributed by atoms with van der Waals surface area (Å²) in [5, 5.41) is 0. The fourth-order valence-corrected chi connectivity index (χ4v) is 2.64. The van der Waals surface area contributed by atoms with Crippen molar-refractivity contribution in [3.8, 4) is 0 Å². The quantitative estimate of drug-likeness (QED) is 0.427. The Kier molecular flexibility index (Phi) is 5.93. The number of hydrogen-bond acceptors (Lipinski definition) is 4. The molecule has 0 unspecified atom stereocenters.